The Labute approximate surface area is 253 Å². The van der Waals surface area contributed by atoms with Crippen molar-refractivity contribution >= 4 is 31.5 Å². The third-order valence-corrected chi connectivity index (χ3v) is 8.98. The van der Waals surface area contributed by atoms with Crippen LogP contribution in [-0.2, 0) is 0 Å². The molecule has 3 heterocycles. The summed E-state index contributed by atoms with van der Waals surface area (Å²) in [4.78, 5) is 14.5. The lowest BCUT2D eigenvalue weighted by Gasteiger charge is -2.13. The smallest absolute Gasteiger partial charge is 0.161 e. The Morgan fingerprint density at radius 3 is 1.84 bits per heavy atom. The maximum atomic E-state index is 5.13. The molecule has 0 spiro atoms. The van der Waals surface area contributed by atoms with Crippen molar-refractivity contribution in [2.75, 3.05) is 0 Å². The zero-order valence-electron chi connectivity index (χ0n) is 23.2. The van der Waals surface area contributed by atoms with Gasteiger partial charge in [0.25, 0.3) is 0 Å². The van der Waals surface area contributed by atoms with Gasteiger partial charge in [-0.25, -0.2) is 9.97 Å². The molecule has 0 amide bonds. The van der Waals surface area contributed by atoms with Crippen LogP contribution in [0.25, 0.3) is 76.3 Å². The van der Waals surface area contributed by atoms with Crippen molar-refractivity contribution < 1.29 is 0 Å². The number of aromatic nitrogens is 3. The zero-order chi connectivity index (χ0) is 28.6. The number of hydrogen-bond acceptors (Lipinski definition) is 4. The van der Waals surface area contributed by atoms with E-state index < -0.39 is 0 Å². The third-order valence-electron chi connectivity index (χ3n) is 7.83. The third kappa shape index (κ3) is 4.78. The first-order chi connectivity index (χ1) is 21.3. The second-order valence-corrected chi connectivity index (χ2v) is 11.6. The summed E-state index contributed by atoms with van der Waals surface area (Å²) >= 11 is 1.85. The van der Waals surface area contributed by atoms with E-state index in [-0.39, 0.29) is 0 Å². The quantitative estimate of drug-likeness (QED) is 0.208. The molecule has 8 rings (SSSR count). The van der Waals surface area contributed by atoms with Crippen LogP contribution in [0.5, 0.6) is 0 Å². The van der Waals surface area contributed by atoms with Crippen molar-refractivity contribution in [1.29, 1.82) is 0 Å². The van der Waals surface area contributed by atoms with Crippen LogP contribution in [0.2, 0.25) is 0 Å². The van der Waals surface area contributed by atoms with Crippen molar-refractivity contribution in [2.45, 2.75) is 0 Å². The predicted molar refractivity (Wildman–Crippen MR) is 180 cm³/mol. The minimum absolute atomic E-state index is 0.690. The summed E-state index contributed by atoms with van der Waals surface area (Å²) in [5.74, 6) is 0.690. The Kier molecular flexibility index (Phi) is 6.32. The molecule has 0 N–H and O–H groups in total. The molecule has 0 aliphatic rings. The number of pyridine rings is 1. The molecule has 5 aromatic carbocycles. The van der Waals surface area contributed by atoms with E-state index in [0.29, 0.717) is 5.82 Å². The Morgan fingerprint density at radius 2 is 1.05 bits per heavy atom. The van der Waals surface area contributed by atoms with Gasteiger partial charge in [0.05, 0.1) is 11.4 Å². The van der Waals surface area contributed by atoms with Gasteiger partial charge in [-0.15, -0.1) is 11.3 Å². The molecule has 0 unspecified atom stereocenters. The summed E-state index contributed by atoms with van der Waals surface area (Å²) in [6, 6.07) is 48.8. The number of benzene rings is 5. The molecule has 0 saturated carbocycles. The lowest BCUT2D eigenvalue weighted by Crippen LogP contribution is -1.97. The number of nitrogens with zero attached hydrogens (tertiary/aromatic N) is 3. The largest absolute Gasteiger partial charge is 0.264 e. The molecule has 0 bridgehead atoms. The van der Waals surface area contributed by atoms with E-state index in [4.69, 9.17) is 9.97 Å². The zero-order valence-corrected chi connectivity index (χ0v) is 24.0. The Morgan fingerprint density at radius 1 is 0.419 bits per heavy atom. The molecule has 43 heavy (non-hydrogen) atoms. The van der Waals surface area contributed by atoms with Crippen molar-refractivity contribution in [3.8, 4) is 56.2 Å². The minimum Gasteiger partial charge on any atom is -0.264 e. The van der Waals surface area contributed by atoms with Gasteiger partial charge >= 0.3 is 0 Å². The summed E-state index contributed by atoms with van der Waals surface area (Å²) in [6.45, 7) is 0. The summed E-state index contributed by atoms with van der Waals surface area (Å²) in [5.41, 5.74) is 9.33. The second kappa shape index (κ2) is 10.8. The maximum absolute atomic E-state index is 5.13. The normalized spacial score (nSPS) is 11.3. The highest BCUT2D eigenvalue weighted by Gasteiger charge is 2.15. The fourth-order valence-electron chi connectivity index (χ4n) is 5.66. The van der Waals surface area contributed by atoms with E-state index in [2.05, 4.69) is 108 Å². The van der Waals surface area contributed by atoms with Crippen molar-refractivity contribution in [3.63, 3.8) is 0 Å². The lowest BCUT2D eigenvalue weighted by atomic mass is 9.99. The summed E-state index contributed by atoms with van der Waals surface area (Å²) in [6.07, 6.45) is 3.68. The van der Waals surface area contributed by atoms with E-state index in [0.717, 1.165) is 39.2 Å². The Balaban J connectivity index is 1.23. The number of rotatable bonds is 5. The lowest BCUT2D eigenvalue weighted by molar-refractivity contribution is 1.18. The Bertz CT molecular complexity index is 2220. The van der Waals surface area contributed by atoms with Crippen LogP contribution in [0, 0.1) is 0 Å². The molecular weight excluding hydrogens is 543 g/mol. The molecule has 0 atom stereocenters. The first-order valence-corrected chi connectivity index (χ1v) is 15.1. The predicted octanol–water partition coefficient (Wildman–Crippen LogP) is 10.6. The molecule has 0 radical (unpaired) electrons. The van der Waals surface area contributed by atoms with Gasteiger partial charge in [0.15, 0.2) is 5.82 Å². The molecule has 0 saturated heterocycles. The van der Waals surface area contributed by atoms with Gasteiger partial charge in [0.2, 0.25) is 0 Å². The summed E-state index contributed by atoms with van der Waals surface area (Å²) in [7, 11) is 0. The van der Waals surface area contributed by atoms with Gasteiger partial charge in [-0.2, -0.15) is 0 Å². The van der Waals surface area contributed by atoms with Crippen LogP contribution in [0.1, 0.15) is 0 Å². The number of thiophene rings is 1. The summed E-state index contributed by atoms with van der Waals surface area (Å²) < 4.78 is 2.64. The fraction of sp³-hybridized carbons (Fsp3) is 0. The minimum atomic E-state index is 0.690. The molecule has 0 fully saturated rings. The highest BCUT2D eigenvalue weighted by Crippen LogP contribution is 2.37. The highest BCUT2D eigenvalue weighted by atomic mass is 32.1. The first-order valence-electron chi connectivity index (χ1n) is 14.3. The molecule has 3 aromatic heterocycles. The fourth-order valence-corrected chi connectivity index (χ4v) is 6.75. The van der Waals surface area contributed by atoms with Crippen LogP contribution in [0.15, 0.2) is 152 Å². The standard InChI is InChI=1S/C39H25N3S/c1-2-9-27(10-3-1)35-24-36(42-39(41-35)33-14-5-4-12-31(33)30-11-8-22-40-25-30)28-18-16-26(17-19-28)29-20-21-38-34(23-29)32-13-6-7-15-37(32)43-38/h1-25H. The van der Waals surface area contributed by atoms with Gasteiger partial charge in [-0.05, 0) is 47.0 Å². The van der Waals surface area contributed by atoms with Gasteiger partial charge in [-0.1, -0.05) is 109 Å². The molecule has 202 valence electrons. The monoisotopic (exact) mass is 567 g/mol. The van der Waals surface area contributed by atoms with Gasteiger partial charge in [0.1, 0.15) is 0 Å². The topological polar surface area (TPSA) is 38.7 Å². The van der Waals surface area contributed by atoms with Gasteiger partial charge in [0, 0.05) is 54.8 Å². The van der Waals surface area contributed by atoms with E-state index in [1.54, 1.807) is 6.20 Å². The second-order valence-electron chi connectivity index (χ2n) is 10.5. The molecule has 0 aliphatic heterocycles. The van der Waals surface area contributed by atoms with Crippen LogP contribution < -0.4 is 0 Å². The van der Waals surface area contributed by atoms with E-state index >= 15 is 0 Å². The maximum Gasteiger partial charge on any atom is 0.161 e. The van der Waals surface area contributed by atoms with Gasteiger partial charge < -0.3 is 0 Å². The van der Waals surface area contributed by atoms with Crippen LogP contribution in [0.3, 0.4) is 0 Å². The molecule has 8 aromatic rings. The van der Waals surface area contributed by atoms with Crippen molar-refractivity contribution in [2.24, 2.45) is 0 Å². The van der Waals surface area contributed by atoms with Crippen molar-refractivity contribution in [1.82, 2.24) is 15.0 Å². The highest BCUT2D eigenvalue weighted by molar-refractivity contribution is 7.25. The average Bonchev–Trinajstić information content (AvgIpc) is 3.47. The molecular formula is C39H25N3S. The number of fused-ring (bicyclic) bond motifs is 3. The molecule has 3 nitrogen and oxygen atoms in total. The molecule has 4 heteroatoms. The van der Waals surface area contributed by atoms with Crippen molar-refractivity contribution in [3.05, 3.63) is 152 Å². The van der Waals surface area contributed by atoms with Crippen LogP contribution in [-0.4, -0.2) is 15.0 Å². The van der Waals surface area contributed by atoms with E-state index in [1.165, 1.54) is 31.3 Å². The first kappa shape index (κ1) is 25.3. The SMILES string of the molecule is c1ccc(-c2cc(-c3ccc(-c4ccc5sc6ccccc6c5c4)cc3)nc(-c3ccccc3-c3cccnc3)n2)cc1. The Hall–Kier alpha value is -5.45. The average molecular weight is 568 g/mol. The van der Waals surface area contributed by atoms with E-state index in [9.17, 15) is 0 Å². The number of hydrogen-bond donors (Lipinski definition) is 0. The van der Waals surface area contributed by atoms with Crippen LogP contribution in [0.4, 0.5) is 0 Å². The van der Waals surface area contributed by atoms with Crippen LogP contribution >= 0.6 is 11.3 Å². The van der Waals surface area contributed by atoms with E-state index in [1.807, 2.05) is 53.9 Å². The molecule has 0 aliphatic carbocycles. The summed E-state index contributed by atoms with van der Waals surface area (Å²) in [5, 5.41) is 2.62. The van der Waals surface area contributed by atoms with Gasteiger partial charge in [-0.3, -0.25) is 4.98 Å².